The topological polar surface area (TPSA) is 71.4 Å². The highest BCUT2D eigenvalue weighted by Crippen LogP contribution is 2.24. The van der Waals surface area contributed by atoms with Crippen LogP contribution in [-0.2, 0) is 16.6 Å². The molecular weight excluding hydrogens is 342 g/mol. The minimum Gasteiger partial charge on any atom is -0.344 e. The van der Waals surface area contributed by atoms with Crippen LogP contribution in [0.4, 0.5) is 10.5 Å². The van der Waals surface area contributed by atoms with Gasteiger partial charge < -0.3 is 4.57 Å². The largest absolute Gasteiger partial charge is 0.344 e. The summed E-state index contributed by atoms with van der Waals surface area (Å²) in [4.78, 5) is 38.5. The number of carbonyl (C=O) groups is 3. The maximum absolute atomic E-state index is 12.9. The van der Waals surface area contributed by atoms with E-state index in [1.54, 1.807) is 24.3 Å². The Morgan fingerprint density at radius 3 is 2.37 bits per heavy atom. The number of rotatable bonds is 2. The van der Waals surface area contributed by atoms with Gasteiger partial charge in [0.1, 0.15) is 5.57 Å². The molecule has 6 heteroatoms. The molecule has 2 aromatic carbocycles. The van der Waals surface area contributed by atoms with Crippen molar-refractivity contribution in [3.8, 4) is 0 Å². The van der Waals surface area contributed by atoms with Gasteiger partial charge in [-0.3, -0.25) is 14.9 Å². The molecule has 1 aliphatic heterocycles. The Balaban J connectivity index is 1.78. The summed E-state index contributed by atoms with van der Waals surface area (Å²) in [5.41, 5.74) is 3.03. The molecule has 0 radical (unpaired) electrons. The summed E-state index contributed by atoms with van der Waals surface area (Å²) in [6.45, 7) is 1.91. The van der Waals surface area contributed by atoms with Crippen LogP contribution in [-0.4, -0.2) is 22.4 Å². The lowest BCUT2D eigenvalue weighted by atomic mass is 10.1. The van der Waals surface area contributed by atoms with Gasteiger partial charge in [0.15, 0.2) is 0 Å². The van der Waals surface area contributed by atoms with Crippen molar-refractivity contribution in [2.75, 3.05) is 4.90 Å². The maximum Gasteiger partial charge on any atom is 0.335 e. The standard InChI is InChI=1S/C21H17N3O3/c1-13-7-9-15(10-8-13)24-20(26)17(19(25)22-21(24)27)12-16-11-14-5-3-4-6-18(14)23(16)2/h3-12H,1-2H3,(H,22,25,27). The second-order valence-electron chi connectivity index (χ2n) is 6.48. The molecule has 0 atom stereocenters. The zero-order valence-corrected chi connectivity index (χ0v) is 14.9. The van der Waals surface area contributed by atoms with E-state index in [9.17, 15) is 14.4 Å². The average Bonchev–Trinajstić information content (AvgIpc) is 2.96. The lowest BCUT2D eigenvalue weighted by Gasteiger charge is -2.26. The minimum absolute atomic E-state index is 0.0823. The molecule has 1 aromatic heterocycles. The SMILES string of the molecule is Cc1ccc(N2C(=O)NC(=O)C(=Cc3cc4ccccc4n3C)C2=O)cc1. The molecule has 4 amide bonds. The highest BCUT2D eigenvalue weighted by atomic mass is 16.2. The van der Waals surface area contributed by atoms with Crippen LogP contribution in [0.1, 0.15) is 11.3 Å². The van der Waals surface area contributed by atoms with Crippen LogP contribution in [0.15, 0.2) is 60.2 Å². The highest BCUT2D eigenvalue weighted by molar-refractivity contribution is 6.39. The van der Waals surface area contributed by atoms with E-state index in [0.29, 0.717) is 11.4 Å². The number of carbonyl (C=O) groups excluding carboxylic acids is 3. The molecule has 134 valence electrons. The number of nitrogens with one attached hydrogen (secondary N) is 1. The Labute approximate surface area is 155 Å². The molecule has 0 bridgehead atoms. The number of barbiturate groups is 1. The van der Waals surface area contributed by atoms with Crippen molar-refractivity contribution >= 4 is 40.5 Å². The van der Waals surface area contributed by atoms with Gasteiger partial charge in [-0.2, -0.15) is 0 Å². The number of benzene rings is 2. The van der Waals surface area contributed by atoms with E-state index >= 15 is 0 Å². The van der Waals surface area contributed by atoms with Crippen LogP contribution in [0.3, 0.4) is 0 Å². The van der Waals surface area contributed by atoms with Gasteiger partial charge in [0.05, 0.1) is 5.69 Å². The smallest absolute Gasteiger partial charge is 0.335 e. The predicted molar refractivity (Wildman–Crippen MR) is 103 cm³/mol. The first-order valence-electron chi connectivity index (χ1n) is 8.48. The average molecular weight is 359 g/mol. The molecule has 1 aliphatic rings. The van der Waals surface area contributed by atoms with Crippen molar-refractivity contribution in [1.29, 1.82) is 0 Å². The van der Waals surface area contributed by atoms with Gasteiger partial charge in [-0.05, 0) is 37.3 Å². The molecule has 1 N–H and O–H groups in total. The van der Waals surface area contributed by atoms with Crippen LogP contribution < -0.4 is 10.2 Å². The first-order valence-corrected chi connectivity index (χ1v) is 8.48. The molecule has 0 spiro atoms. The second kappa shape index (κ2) is 6.25. The molecule has 6 nitrogen and oxygen atoms in total. The quantitative estimate of drug-likeness (QED) is 0.564. The summed E-state index contributed by atoms with van der Waals surface area (Å²) in [5, 5.41) is 3.25. The number of urea groups is 1. The lowest BCUT2D eigenvalue weighted by molar-refractivity contribution is -0.122. The van der Waals surface area contributed by atoms with Gasteiger partial charge >= 0.3 is 6.03 Å². The predicted octanol–water partition coefficient (Wildman–Crippen LogP) is 3.15. The monoisotopic (exact) mass is 359 g/mol. The number of nitrogens with zero attached hydrogens (tertiary/aromatic N) is 2. The number of aryl methyl sites for hydroxylation is 2. The zero-order valence-electron chi connectivity index (χ0n) is 14.9. The first kappa shape index (κ1) is 16.8. The van der Waals surface area contributed by atoms with E-state index in [2.05, 4.69) is 5.32 Å². The third kappa shape index (κ3) is 2.81. The number of hydrogen-bond donors (Lipinski definition) is 1. The molecule has 3 aromatic rings. The van der Waals surface area contributed by atoms with Gasteiger partial charge in [-0.25, -0.2) is 9.69 Å². The number of para-hydroxylation sites is 1. The van der Waals surface area contributed by atoms with Crippen molar-refractivity contribution in [2.24, 2.45) is 7.05 Å². The van der Waals surface area contributed by atoms with Gasteiger partial charge in [-0.15, -0.1) is 0 Å². The Bertz CT molecular complexity index is 1120. The van der Waals surface area contributed by atoms with Crippen LogP contribution in [0.5, 0.6) is 0 Å². The molecule has 0 aliphatic carbocycles. The van der Waals surface area contributed by atoms with Crippen LogP contribution >= 0.6 is 0 Å². The van der Waals surface area contributed by atoms with Crippen molar-refractivity contribution in [3.05, 3.63) is 71.4 Å². The third-order valence-corrected chi connectivity index (χ3v) is 4.67. The number of fused-ring (bicyclic) bond motifs is 1. The number of imide groups is 2. The molecule has 27 heavy (non-hydrogen) atoms. The van der Waals surface area contributed by atoms with E-state index in [1.807, 2.05) is 48.9 Å². The summed E-state index contributed by atoms with van der Waals surface area (Å²) in [6.07, 6.45) is 1.52. The van der Waals surface area contributed by atoms with E-state index in [1.165, 1.54) is 6.08 Å². The van der Waals surface area contributed by atoms with Crippen LogP contribution in [0, 0.1) is 6.92 Å². The molecule has 0 saturated carbocycles. The molecule has 1 saturated heterocycles. The fraction of sp³-hybridized carbons (Fsp3) is 0.0952. The Morgan fingerprint density at radius 1 is 0.963 bits per heavy atom. The van der Waals surface area contributed by atoms with Crippen LogP contribution in [0.25, 0.3) is 17.0 Å². The first-order chi connectivity index (χ1) is 13.0. The highest BCUT2D eigenvalue weighted by Gasteiger charge is 2.36. The van der Waals surface area contributed by atoms with Crippen molar-refractivity contribution in [3.63, 3.8) is 0 Å². The molecule has 4 rings (SSSR count). The number of anilines is 1. The summed E-state index contributed by atoms with van der Waals surface area (Å²) in [5.74, 6) is -1.34. The zero-order chi connectivity index (χ0) is 19.1. The fourth-order valence-corrected chi connectivity index (χ4v) is 3.18. The minimum atomic E-state index is -0.747. The summed E-state index contributed by atoms with van der Waals surface area (Å²) in [6, 6.07) is 15.9. The summed E-state index contributed by atoms with van der Waals surface area (Å²) in [7, 11) is 1.86. The van der Waals surface area contributed by atoms with Crippen molar-refractivity contribution in [1.82, 2.24) is 9.88 Å². The van der Waals surface area contributed by atoms with Gasteiger partial charge in [-0.1, -0.05) is 35.9 Å². The van der Waals surface area contributed by atoms with Crippen LogP contribution in [0.2, 0.25) is 0 Å². The maximum atomic E-state index is 12.9. The van der Waals surface area contributed by atoms with E-state index in [0.717, 1.165) is 21.4 Å². The Kier molecular flexibility index (Phi) is 3.88. The van der Waals surface area contributed by atoms with Gasteiger partial charge in [0.25, 0.3) is 11.8 Å². The number of hydrogen-bond acceptors (Lipinski definition) is 3. The molecule has 1 fully saturated rings. The number of aromatic nitrogens is 1. The summed E-state index contributed by atoms with van der Waals surface area (Å²) < 4.78 is 1.90. The molecule has 2 heterocycles. The van der Waals surface area contributed by atoms with Gasteiger partial charge in [0.2, 0.25) is 0 Å². The Hall–Kier alpha value is -3.67. The Morgan fingerprint density at radius 2 is 1.67 bits per heavy atom. The van der Waals surface area contributed by atoms with Crippen molar-refractivity contribution in [2.45, 2.75) is 6.92 Å². The van der Waals surface area contributed by atoms with Gasteiger partial charge in [0, 0.05) is 23.6 Å². The normalized spacial score (nSPS) is 16.3. The van der Waals surface area contributed by atoms with E-state index < -0.39 is 17.8 Å². The van der Waals surface area contributed by atoms with E-state index in [4.69, 9.17) is 0 Å². The van der Waals surface area contributed by atoms with E-state index in [-0.39, 0.29) is 5.57 Å². The second-order valence-corrected chi connectivity index (χ2v) is 6.48. The van der Waals surface area contributed by atoms with Crippen molar-refractivity contribution < 1.29 is 14.4 Å². The molecular formula is C21H17N3O3. The molecule has 0 unspecified atom stereocenters. The summed E-state index contributed by atoms with van der Waals surface area (Å²) >= 11 is 0. The number of amides is 4. The fourth-order valence-electron chi connectivity index (χ4n) is 3.18. The third-order valence-electron chi connectivity index (χ3n) is 4.67. The lowest BCUT2D eigenvalue weighted by Crippen LogP contribution is -2.54.